The van der Waals surface area contributed by atoms with Crippen molar-refractivity contribution in [1.82, 2.24) is 5.32 Å². The van der Waals surface area contributed by atoms with Crippen LogP contribution >= 0.6 is 15.9 Å². The Hall–Kier alpha value is -3.12. The number of amides is 2. The molecule has 148 valence electrons. The maximum Gasteiger partial charge on any atom is 0.258 e. The van der Waals surface area contributed by atoms with Crippen molar-refractivity contribution < 1.29 is 14.3 Å². The zero-order valence-electron chi connectivity index (χ0n) is 15.9. The quantitative estimate of drug-likeness (QED) is 0.532. The number of halogens is 1. The lowest BCUT2D eigenvalue weighted by molar-refractivity contribution is -0.123. The topological polar surface area (TPSA) is 67.4 Å². The Bertz CT molecular complexity index is 975. The summed E-state index contributed by atoms with van der Waals surface area (Å²) < 4.78 is 6.27. The predicted octanol–water partition coefficient (Wildman–Crippen LogP) is 4.96. The van der Waals surface area contributed by atoms with E-state index >= 15 is 0 Å². The number of carbonyl (C=O) groups is 2. The van der Waals surface area contributed by atoms with Gasteiger partial charge in [0.1, 0.15) is 5.75 Å². The van der Waals surface area contributed by atoms with E-state index in [0.717, 1.165) is 10.0 Å². The van der Waals surface area contributed by atoms with E-state index in [9.17, 15) is 9.59 Å². The molecule has 0 saturated heterocycles. The molecule has 0 radical (unpaired) electrons. The van der Waals surface area contributed by atoms with Gasteiger partial charge in [-0.25, -0.2) is 0 Å². The van der Waals surface area contributed by atoms with Crippen LogP contribution in [0.15, 0.2) is 83.3 Å². The van der Waals surface area contributed by atoms with Gasteiger partial charge in [-0.15, -0.1) is 0 Å². The number of rotatable bonds is 7. The third-order valence-electron chi connectivity index (χ3n) is 4.28. The number of carbonyl (C=O) groups excluding carboxylic acids is 2. The summed E-state index contributed by atoms with van der Waals surface area (Å²) in [7, 11) is 0. The molecule has 2 N–H and O–H groups in total. The minimum absolute atomic E-state index is 0.0835. The molecule has 0 fully saturated rings. The summed E-state index contributed by atoms with van der Waals surface area (Å²) in [5.41, 5.74) is 2.23. The van der Waals surface area contributed by atoms with E-state index in [4.69, 9.17) is 4.74 Å². The summed E-state index contributed by atoms with van der Waals surface area (Å²) in [6, 6.07) is 23.7. The zero-order chi connectivity index (χ0) is 20.6. The van der Waals surface area contributed by atoms with Crippen molar-refractivity contribution in [2.24, 2.45) is 0 Å². The molecule has 3 aromatic rings. The fraction of sp³-hybridized carbons (Fsp3) is 0.130. The molecular weight excluding hydrogens is 432 g/mol. The van der Waals surface area contributed by atoms with Gasteiger partial charge >= 0.3 is 0 Å². The normalized spacial score (nSPS) is 11.4. The summed E-state index contributed by atoms with van der Waals surface area (Å²) in [6.45, 7) is 1.84. The van der Waals surface area contributed by atoms with Crippen molar-refractivity contribution in [3.63, 3.8) is 0 Å². The van der Waals surface area contributed by atoms with Gasteiger partial charge in [0.05, 0.1) is 11.6 Å². The van der Waals surface area contributed by atoms with Gasteiger partial charge in [-0.05, 0) is 64.8 Å². The molecule has 1 atom stereocenters. The van der Waals surface area contributed by atoms with E-state index in [1.165, 1.54) is 0 Å². The van der Waals surface area contributed by atoms with E-state index in [1.54, 1.807) is 36.4 Å². The Labute approximate surface area is 178 Å². The molecule has 2 amide bonds. The van der Waals surface area contributed by atoms with Gasteiger partial charge in [0.25, 0.3) is 11.8 Å². The molecule has 6 heteroatoms. The Morgan fingerprint density at radius 2 is 1.59 bits per heavy atom. The van der Waals surface area contributed by atoms with E-state index in [-0.39, 0.29) is 24.5 Å². The van der Waals surface area contributed by atoms with Crippen LogP contribution in [0.4, 0.5) is 5.69 Å². The highest BCUT2D eigenvalue weighted by Gasteiger charge is 2.11. The molecule has 0 aliphatic rings. The van der Waals surface area contributed by atoms with Crippen LogP contribution in [0.25, 0.3) is 0 Å². The molecule has 3 aromatic carbocycles. The maximum absolute atomic E-state index is 12.3. The minimum atomic E-state index is -0.208. The van der Waals surface area contributed by atoms with Gasteiger partial charge in [-0.2, -0.15) is 0 Å². The third kappa shape index (κ3) is 5.93. The molecule has 0 aromatic heterocycles. The SMILES string of the molecule is C[C@H](NC(=O)COc1ccc(NC(=O)c2ccccc2Br)cc1)c1ccccc1. The van der Waals surface area contributed by atoms with Crippen molar-refractivity contribution in [2.75, 3.05) is 11.9 Å². The van der Waals surface area contributed by atoms with Gasteiger partial charge in [-0.1, -0.05) is 42.5 Å². The fourth-order valence-corrected chi connectivity index (χ4v) is 3.20. The first kappa shape index (κ1) is 20.6. The summed E-state index contributed by atoms with van der Waals surface area (Å²) in [5, 5.41) is 5.73. The Morgan fingerprint density at radius 3 is 2.28 bits per heavy atom. The minimum Gasteiger partial charge on any atom is -0.484 e. The maximum atomic E-state index is 12.3. The monoisotopic (exact) mass is 452 g/mol. The third-order valence-corrected chi connectivity index (χ3v) is 4.97. The highest BCUT2D eigenvalue weighted by molar-refractivity contribution is 9.10. The second-order valence-electron chi connectivity index (χ2n) is 6.45. The Balaban J connectivity index is 1.49. The number of benzene rings is 3. The van der Waals surface area contributed by atoms with Gasteiger partial charge in [0, 0.05) is 10.2 Å². The molecule has 0 saturated carbocycles. The number of hydrogen-bond acceptors (Lipinski definition) is 3. The number of anilines is 1. The molecule has 29 heavy (non-hydrogen) atoms. The van der Waals surface area contributed by atoms with E-state index in [0.29, 0.717) is 17.0 Å². The van der Waals surface area contributed by atoms with Crippen LogP contribution in [-0.4, -0.2) is 18.4 Å². The van der Waals surface area contributed by atoms with Crippen LogP contribution in [-0.2, 0) is 4.79 Å². The molecule has 5 nitrogen and oxygen atoms in total. The fourth-order valence-electron chi connectivity index (χ4n) is 2.74. The second kappa shape index (κ2) is 9.89. The predicted molar refractivity (Wildman–Crippen MR) is 117 cm³/mol. The van der Waals surface area contributed by atoms with Crippen molar-refractivity contribution in [3.8, 4) is 5.75 Å². The highest BCUT2D eigenvalue weighted by Crippen LogP contribution is 2.20. The van der Waals surface area contributed by atoms with Gasteiger partial charge in [-0.3, -0.25) is 9.59 Å². The first-order valence-corrected chi connectivity index (χ1v) is 9.95. The molecule has 3 rings (SSSR count). The molecule has 0 aliphatic carbocycles. The van der Waals surface area contributed by atoms with Crippen molar-refractivity contribution in [1.29, 1.82) is 0 Å². The van der Waals surface area contributed by atoms with Gasteiger partial charge in [0.15, 0.2) is 6.61 Å². The zero-order valence-corrected chi connectivity index (χ0v) is 17.5. The molecule has 0 aliphatic heterocycles. The second-order valence-corrected chi connectivity index (χ2v) is 7.30. The smallest absolute Gasteiger partial charge is 0.258 e. The van der Waals surface area contributed by atoms with Crippen LogP contribution in [0.1, 0.15) is 28.9 Å². The van der Waals surface area contributed by atoms with E-state index in [2.05, 4.69) is 26.6 Å². The van der Waals surface area contributed by atoms with Gasteiger partial charge < -0.3 is 15.4 Å². The Morgan fingerprint density at radius 1 is 0.931 bits per heavy atom. The highest BCUT2D eigenvalue weighted by atomic mass is 79.9. The van der Waals surface area contributed by atoms with Crippen molar-refractivity contribution in [3.05, 3.63) is 94.5 Å². The standard InChI is InChI=1S/C23H21BrN2O3/c1-16(17-7-3-2-4-8-17)25-22(27)15-29-19-13-11-18(12-14-19)26-23(28)20-9-5-6-10-21(20)24/h2-14,16H,15H2,1H3,(H,25,27)(H,26,28)/t16-/m0/s1. The van der Waals surface area contributed by atoms with Crippen LogP contribution in [0.5, 0.6) is 5.75 Å². The lowest BCUT2D eigenvalue weighted by Crippen LogP contribution is -2.31. The lowest BCUT2D eigenvalue weighted by Gasteiger charge is -2.14. The number of ether oxygens (including phenoxy) is 1. The number of hydrogen-bond donors (Lipinski definition) is 2. The summed E-state index contributed by atoms with van der Waals surface area (Å²) in [5.74, 6) is 0.138. The van der Waals surface area contributed by atoms with Crippen LogP contribution < -0.4 is 15.4 Å². The molecule has 0 spiro atoms. The Kier molecular flexibility index (Phi) is 7.03. The number of nitrogens with one attached hydrogen (secondary N) is 2. The first-order chi connectivity index (χ1) is 14.0. The molecule has 0 bridgehead atoms. The van der Waals surface area contributed by atoms with Gasteiger partial charge in [0.2, 0.25) is 0 Å². The van der Waals surface area contributed by atoms with Crippen LogP contribution in [0, 0.1) is 0 Å². The molecule has 0 unspecified atom stereocenters. The van der Waals surface area contributed by atoms with E-state index in [1.807, 2.05) is 49.4 Å². The molecular formula is C23H21BrN2O3. The summed E-state index contributed by atoms with van der Waals surface area (Å²) in [4.78, 5) is 24.4. The van der Waals surface area contributed by atoms with Crippen molar-refractivity contribution >= 4 is 33.4 Å². The molecule has 0 heterocycles. The average molecular weight is 453 g/mol. The van der Waals surface area contributed by atoms with Crippen LogP contribution in [0.2, 0.25) is 0 Å². The van der Waals surface area contributed by atoms with Crippen LogP contribution in [0.3, 0.4) is 0 Å². The average Bonchev–Trinajstić information content (AvgIpc) is 2.74. The van der Waals surface area contributed by atoms with Crippen molar-refractivity contribution in [2.45, 2.75) is 13.0 Å². The lowest BCUT2D eigenvalue weighted by atomic mass is 10.1. The summed E-state index contributed by atoms with van der Waals surface area (Å²) in [6.07, 6.45) is 0. The van der Waals surface area contributed by atoms with E-state index < -0.39 is 0 Å². The first-order valence-electron chi connectivity index (χ1n) is 9.16. The summed E-state index contributed by atoms with van der Waals surface area (Å²) >= 11 is 3.37. The largest absolute Gasteiger partial charge is 0.484 e.